The second-order valence-electron chi connectivity index (χ2n) is 15.8. The summed E-state index contributed by atoms with van der Waals surface area (Å²) in [6.07, 6.45) is 30.9. The van der Waals surface area contributed by atoms with E-state index in [1.807, 2.05) is 0 Å². The minimum atomic E-state index is -0.417. The molecule has 0 amide bonds. The summed E-state index contributed by atoms with van der Waals surface area (Å²) < 4.78 is 16.7. The average molecular weight is 680 g/mol. The molecule has 258 valence electrons. The van der Waals surface area contributed by atoms with Crippen molar-refractivity contribution in [3.8, 4) is 17.2 Å². The molecule has 5 aliphatic carbocycles. The van der Waals surface area contributed by atoms with Gasteiger partial charge in [0, 0.05) is 40.5 Å². The van der Waals surface area contributed by atoms with Crippen molar-refractivity contribution in [2.24, 2.45) is 5.92 Å². The SMILES string of the molecule is C1=CCC2Oc3ccc(C4CCc5c(c6c(n5-c5ccccc5)CCC=C6)C4)cc3C3(C2=C1)C1=C(Oc2ccccc23)C(C2=CCCC=C2)CCC1. The van der Waals surface area contributed by atoms with Gasteiger partial charge in [0.15, 0.2) is 0 Å². The molecule has 0 bridgehead atoms. The van der Waals surface area contributed by atoms with Crippen LogP contribution in [0.2, 0.25) is 0 Å². The van der Waals surface area contributed by atoms with Crippen LogP contribution in [-0.2, 0) is 24.7 Å². The summed E-state index contributed by atoms with van der Waals surface area (Å²) in [5.74, 6) is 3.96. The van der Waals surface area contributed by atoms with E-state index >= 15 is 0 Å². The highest BCUT2D eigenvalue weighted by atomic mass is 16.5. The third-order valence-corrected chi connectivity index (χ3v) is 13.2. The summed E-state index contributed by atoms with van der Waals surface area (Å²) in [4.78, 5) is 0. The molecule has 1 aromatic heterocycles. The van der Waals surface area contributed by atoms with Crippen LogP contribution in [0.3, 0.4) is 0 Å². The van der Waals surface area contributed by atoms with Crippen molar-refractivity contribution < 1.29 is 9.47 Å². The number of allylic oxidation sites excluding steroid dienone is 8. The molecule has 0 saturated heterocycles. The van der Waals surface area contributed by atoms with Gasteiger partial charge in [-0.05, 0) is 128 Å². The Hall–Kier alpha value is -5.02. The van der Waals surface area contributed by atoms with Crippen molar-refractivity contribution in [3.05, 3.63) is 177 Å². The Kier molecular flexibility index (Phi) is 7.07. The van der Waals surface area contributed by atoms with Gasteiger partial charge in [0.05, 0.1) is 5.41 Å². The number of nitrogens with zero attached hydrogens (tertiary/aromatic N) is 1. The van der Waals surface area contributed by atoms with Gasteiger partial charge in [0.25, 0.3) is 0 Å². The Labute approximate surface area is 307 Å². The number of ether oxygens (including phenoxy) is 2. The van der Waals surface area contributed by atoms with E-state index in [-0.39, 0.29) is 12.0 Å². The normalized spacial score (nSPS) is 26.5. The maximum Gasteiger partial charge on any atom is 0.131 e. The zero-order valence-corrected chi connectivity index (χ0v) is 29.8. The number of benzene rings is 3. The minimum Gasteiger partial charge on any atom is -0.485 e. The summed E-state index contributed by atoms with van der Waals surface area (Å²) >= 11 is 0. The molecule has 2 aliphatic heterocycles. The zero-order chi connectivity index (χ0) is 34.2. The van der Waals surface area contributed by atoms with Gasteiger partial charge in [-0.15, -0.1) is 0 Å². The molecule has 52 heavy (non-hydrogen) atoms. The fourth-order valence-electron chi connectivity index (χ4n) is 11.0. The van der Waals surface area contributed by atoms with Gasteiger partial charge in [-0.2, -0.15) is 0 Å². The van der Waals surface area contributed by atoms with Crippen LogP contribution in [0.5, 0.6) is 11.5 Å². The quantitative estimate of drug-likeness (QED) is 0.215. The van der Waals surface area contributed by atoms with Crippen LogP contribution < -0.4 is 9.47 Å². The Morgan fingerprint density at radius 1 is 0.750 bits per heavy atom. The van der Waals surface area contributed by atoms with Gasteiger partial charge < -0.3 is 14.0 Å². The average Bonchev–Trinajstić information content (AvgIpc) is 3.55. The second kappa shape index (κ2) is 12.0. The van der Waals surface area contributed by atoms with Crippen molar-refractivity contribution in [1.29, 1.82) is 0 Å². The van der Waals surface area contributed by atoms with Crippen molar-refractivity contribution >= 4 is 6.08 Å². The Bertz CT molecular complexity index is 2310. The van der Waals surface area contributed by atoms with Crippen molar-refractivity contribution in [3.63, 3.8) is 0 Å². The van der Waals surface area contributed by atoms with E-state index in [0.717, 1.165) is 82.1 Å². The van der Waals surface area contributed by atoms with Gasteiger partial charge in [-0.3, -0.25) is 0 Å². The molecule has 0 saturated carbocycles. The van der Waals surface area contributed by atoms with Gasteiger partial charge in [-0.1, -0.05) is 97.1 Å². The van der Waals surface area contributed by atoms with E-state index in [9.17, 15) is 0 Å². The molecule has 3 nitrogen and oxygen atoms in total. The second-order valence-corrected chi connectivity index (χ2v) is 15.8. The van der Waals surface area contributed by atoms with Crippen LogP contribution in [0, 0.1) is 5.92 Å². The van der Waals surface area contributed by atoms with Crippen LogP contribution in [-0.4, -0.2) is 10.7 Å². The molecule has 3 heterocycles. The van der Waals surface area contributed by atoms with Crippen LogP contribution in [0.1, 0.15) is 96.5 Å². The predicted octanol–water partition coefficient (Wildman–Crippen LogP) is 11.4. The standard InChI is InChI=1S/C49H45NO2/c1-3-14-32(15-4-1)36-19-13-22-41-48(36)52-46-25-12-9-21-40(46)49(41)39-20-8-11-24-45(39)51-47-29-27-34(31-42(47)49)33-26-28-44-38(30-33)37-18-7-10-23-43(37)50(44)35-16-5-2-6-17-35/h2-3,5-9,11-12,14-18,20-21,25,27,29,31,33,36,45H,1,4,10,13,19,22-24,26,28,30H2. The number of rotatable bonds is 3. The lowest BCUT2D eigenvalue weighted by Gasteiger charge is -2.52. The van der Waals surface area contributed by atoms with E-state index in [1.54, 1.807) is 5.56 Å². The molecular formula is C49H45NO2. The molecule has 4 aromatic rings. The Balaban J connectivity index is 1.09. The molecule has 4 unspecified atom stereocenters. The van der Waals surface area contributed by atoms with Gasteiger partial charge in [-0.25, -0.2) is 0 Å². The maximum atomic E-state index is 7.11. The third kappa shape index (κ3) is 4.44. The largest absolute Gasteiger partial charge is 0.485 e. The summed E-state index contributed by atoms with van der Waals surface area (Å²) in [6.45, 7) is 0. The number of fused-ring (bicyclic) bond motifs is 10. The van der Waals surface area contributed by atoms with Crippen molar-refractivity contribution in [1.82, 2.24) is 4.57 Å². The topological polar surface area (TPSA) is 23.4 Å². The molecule has 4 atom stereocenters. The first-order chi connectivity index (χ1) is 25.8. The highest BCUT2D eigenvalue weighted by molar-refractivity contribution is 5.71. The first-order valence-corrected chi connectivity index (χ1v) is 19.8. The fourth-order valence-corrected chi connectivity index (χ4v) is 11.0. The fraction of sp³-hybridized carbons (Fsp3) is 0.306. The van der Waals surface area contributed by atoms with E-state index < -0.39 is 5.41 Å². The van der Waals surface area contributed by atoms with E-state index in [2.05, 4.69) is 126 Å². The number of aromatic nitrogens is 1. The summed E-state index contributed by atoms with van der Waals surface area (Å²) in [6, 6.07) is 27.3. The first kappa shape index (κ1) is 30.6. The molecule has 7 aliphatic rings. The highest BCUT2D eigenvalue weighted by Crippen LogP contribution is 2.62. The summed E-state index contributed by atoms with van der Waals surface area (Å²) in [7, 11) is 0. The predicted molar refractivity (Wildman–Crippen MR) is 209 cm³/mol. The lowest BCUT2D eigenvalue weighted by atomic mass is 9.56. The number of para-hydroxylation sites is 2. The lowest BCUT2D eigenvalue weighted by Crippen LogP contribution is -2.47. The molecule has 0 fully saturated rings. The van der Waals surface area contributed by atoms with Crippen LogP contribution in [0.25, 0.3) is 11.8 Å². The molecule has 0 radical (unpaired) electrons. The molecule has 3 heteroatoms. The first-order valence-electron chi connectivity index (χ1n) is 19.8. The zero-order valence-electron chi connectivity index (χ0n) is 29.8. The number of hydrogen-bond donors (Lipinski definition) is 0. The smallest absolute Gasteiger partial charge is 0.131 e. The van der Waals surface area contributed by atoms with Crippen LogP contribution >= 0.6 is 0 Å². The number of hydrogen-bond acceptors (Lipinski definition) is 2. The molecule has 3 aromatic carbocycles. The van der Waals surface area contributed by atoms with Gasteiger partial charge in [0.1, 0.15) is 23.4 Å². The molecular weight excluding hydrogens is 635 g/mol. The van der Waals surface area contributed by atoms with Crippen LogP contribution in [0.15, 0.2) is 138 Å². The Morgan fingerprint density at radius 2 is 1.65 bits per heavy atom. The van der Waals surface area contributed by atoms with E-state index in [0.29, 0.717) is 5.92 Å². The molecule has 1 spiro atoms. The minimum absolute atomic E-state index is 0.00530. The monoisotopic (exact) mass is 679 g/mol. The van der Waals surface area contributed by atoms with Crippen LogP contribution in [0.4, 0.5) is 0 Å². The summed E-state index contributed by atoms with van der Waals surface area (Å²) in [5, 5.41) is 0. The maximum absolute atomic E-state index is 7.11. The molecule has 0 N–H and O–H groups in total. The highest BCUT2D eigenvalue weighted by Gasteiger charge is 2.55. The van der Waals surface area contributed by atoms with Crippen molar-refractivity contribution in [2.75, 3.05) is 0 Å². The van der Waals surface area contributed by atoms with Gasteiger partial charge in [0.2, 0.25) is 0 Å². The lowest BCUT2D eigenvalue weighted by molar-refractivity contribution is 0.192. The van der Waals surface area contributed by atoms with Gasteiger partial charge >= 0.3 is 0 Å². The summed E-state index contributed by atoms with van der Waals surface area (Å²) in [5.41, 5.74) is 15.2. The Morgan fingerprint density at radius 3 is 2.58 bits per heavy atom. The third-order valence-electron chi connectivity index (χ3n) is 13.2. The molecule has 11 rings (SSSR count). The van der Waals surface area contributed by atoms with Crippen molar-refractivity contribution in [2.45, 2.75) is 88.1 Å². The van der Waals surface area contributed by atoms with E-state index in [4.69, 9.17) is 9.47 Å². The van der Waals surface area contributed by atoms with E-state index in [1.165, 1.54) is 61.8 Å².